The van der Waals surface area contributed by atoms with Crippen LogP contribution < -0.4 is 10.6 Å². The number of aromatic nitrogens is 2. The summed E-state index contributed by atoms with van der Waals surface area (Å²) in [5.41, 5.74) is 4.34. The van der Waals surface area contributed by atoms with E-state index in [9.17, 15) is 9.90 Å². The number of fused-ring (bicyclic) bond motifs is 1. The van der Waals surface area contributed by atoms with Crippen LogP contribution in [0.3, 0.4) is 0 Å². The Morgan fingerprint density at radius 1 is 1.28 bits per heavy atom. The zero-order valence-electron chi connectivity index (χ0n) is 15.1. The van der Waals surface area contributed by atoms with Gasteiger partial charge in [-0.3, -0.25) is 0 Å². The number of benzene rings is 1. The standard InChI is InChI=1S/C19H28N4O2/c1-13-7-17-18(8-14(13)2)23(12-22-17)11-16(24)10-21-19(25)20-9-15-5-3-4-6-15/h7-8,12,15-16,24H,3-6,9-11H2,1-2H3,(H2,20,21,25). The summed E-state index contributed by atoms with van der Waals surface area (Å²) < 4.78 is 1.94. The zero-order chi connectivity index (χ0) is 17.8. The Bertz CT molecular complexity index is 734. The van der Waals surface area contributed by atoms with Gasteiger partial charge in [-0.1, -0.05) is 12.8 Å². The van der Waals surface area contributed by atoms with Gasteiger partial charge in [0.1, 0.15) is 0 Å². The van der Waals surface area contributed by atoms with E-state index in [1.165, 1.54) is 36.8 Å². The highest BCUT2D eigenvalue weighted by Gasteiger charge is 2.16. The summed E-state index contributed by atoms with van der Waals surface area (Å²) in [5.74, 6) is 0.611. The Labute approximate surface area is 148 Å². The molecule has 0 spiro atoms. The van der Waals surface area contributed by atoms with E-state index in [4.69, 9.17) is 0 Å². The Morgan fingerprint density at radius 2 is 2.00 bits per heavy atom. The maximum absolute atomic E-state index is 11.8. The number of rotatable bonds is 6. The van der Waals surface area contributed by atoms with E-state index >= 15 is 0 Å². The molecule has 0 saturated heterocycles. The van der Waals surface area contributed by atoms with Crippen molar-refractivity contribution >= 4 is 17.1 Å². The lowest BCUT2D eigenvalue weighted by atomic mass is 10.1. The molecule has 2 amide bonds. The van der Waals surface area contributed by atoms with E-state index in [2.05, 4.69) is 41.6 Å². The van der Waals surface area contributed by atoms with Gasteiger partial charge in [0.2, 0.25) is 0 Å². The number of carbonyl (C=O) groups is 1. The minimum Gasteiger partial charge on any atom is -0.389 e. The quantitative estimate of drug-likeness (QED) is 0.753. The molecule has 0 radical (unpaired) electrons. The van der Waals surface area contributed by atoms with Gasteiger partial charge in [0.25, 0.3) is 0 Å². The van der Waals surface area contributed by atoms with Crippen molar-refractivity contribution in [3.05, 3.63) is 29.6 Å². The van der Waals surface area contributed by atoms with E-state index in [1.807, 2.05) is 4.57 Å². The number of nitrogens with one attached hydrogen (secondary N) is 2. The normalized spacial score (nSPS) is 16.3. The van der Waals surface area contributed by atoms with Crippen LogP contribution in [-0.2, 0) is 6.54 Å². The molecule has 6 nitrogen and oxygen atoms in total. The zero-order valence-corrected chi connectivity index (χ0v) is 15.1. The summed E-state index contributed by atoms with van der Waals surface area (Å²) in [6.07, 6.45) is 6.03. The van der Waals surface area contributed by atoms with Crippen molar-refractivity contribution < 1.29 is 9.90 Å². The first-order chi connectivity index (χ1) is 12.0. The van der Waals surface area contributed by atoms with Gasteiger partial charge in [0.05, 0.1) is 30.0 Å². The van der Waals surface area contributed by atoms with Crippen LogP contribution in [0.4, 0.5) is 4.79 Å². The summed E-state index contributed by atoms with van der Waals surface area (Å²) in [4.78, 5) is 16.2. The van der Waals surface area contributed by atoms with Crippen LogP contribution in [-0.4, -0.2) is 39.9 Å². The van der Waals surface area contributed by atoms with E-state index in [-0.39, 0.29) is 12.6 Å². The van der Waals surface area contributed by atoms with Gasteiger partial charge in [-0.05, 0) is 55.9 Å². The molecular formula is C19H28N4O2. The lowest BCUT2D eigenvalue weighted by molar-refractivity contribution is 0.152. The molecular weight excluding hydrogens is 316 g/mol. The molecule has 1 fully saturated rings. The van der Waals surface area contributed by atoms with Crippen LogP contribution in [0.5, 0.6) is 0 Å². The van der Waals surface area contributed by atoms with Crippen LogP contribution in [0.15, 0.2) is 18.5 Å². The number of aryl methyl sites for hydroxylation is 2. The molecule has 1 heterocycles. The van der Waals surface area contributed by atoms with Crippen molar-refractivity contribution in [2.75, 3.05) is 13.1 Å². The Morgan fingerprint density at radius 3 is 2.76 bits per heavy atom. The van der Waals surface area contributed by atoms with Crippen LogP contribution in [0, 0.1) is 19.8 Å². The minimum absolute atomic E-state index is 0.201. The van der Waals surface area contributed by atoms with Crippen LogP contribution in [0.1, 0.15) is 36.8 Å². The predicted octanol–water partition coefficient (Wildman–Crippen LogP) is 2.50. The van der Waals surface area contributed by atoms with E-state index in [1.54, 1.807) is 6.33 Å². The van der Waals surface area contributed by atoms with E-state index in [0.717, 1.165) is 17.6 Å². The van der Waals surface area contributed by atoms with Gasteiger partial charge in [-0.25, -0.2) is 9.78 Å². The largest absolute Gasteiger partial charge is 0.389 e. The predicted molar refractivity (Wildman–Crippen MR) is 98.6 cm³/mol. The molecule has 3 N–H and O–H groups in total. The van der Waals surface area contributed by atoms with Crippen molar-refractivity contribution in [2.24, 2.45) is 5.92 Å². The fraction of sp³-hybridized carbons (Fsp3) is 0.579. The van der Waals surface area contributed by atoms with Gasteiger partial charge >= 0.3 is 6.03 Å². The molecule has 136 valence electrons. The molecule has 3 rings (SSSR count). The highest BCUT2D eigenvalue weighted by molar-refractivity contribution is 5.77. The molecule has 0 aliphatic heterocycles. The molecule has 1 aliphatic rings. The van der Waals surface area contributed by atoms with Crippen molar-refractivity contribution in [3.8, 4) is 0 Å². The monoisotopic (exact) mass is 344 g/mol. The number of imidazole rings is 1. The number of urea groups is 1. The molecule has 1 atom stereocenters. The number of amides is 2. The highest BCUT2D eigenvalue weighted by atomic mass is 16.3. The maximum atomic E-state index is 11.8. The summed E-state index contributed by atoms with van der Waals surface area (Å²) in [6.45, 7) is 5.49. The number of aliphatic hydroxyl groups excluding tert-OH is 1. The number of nitrogens with zero attached hydrogens (tertiary/aromatic N) is 2. The van der Waals surface area contributed by atoms with Gasteiger partial charge in [-0.15, -0.1) is 0 Å². The minimum atomic E-state index is -0.656. The number of carbonyl (C=O) groups excluding carboxylic acids is 1. The fourth-order valence-corrected chi connectivity index (χ4v) is 3.47. The number of hydrogen-bond donors (Lipinski definition) is 3. The summed E-state index contributed by atoms with van der Waals surface area (Å²) >= 11 is 0. The van der Waals surface area contributed by atoms with Crippen LogP contribution in [0.25, 0.3) is 11.0 Å². The Hall–Kier alpha value is -2.08. The molecule has 2 aromatic rings. The maximum Gasteiger partial charge on any atom is 0.314 e. The SMILES string of the molecule is Cc1cc2ncn(CC(O)CNC(=O)NCC3CCCC3)c2cc1C. The molecule has 1 aliphatic carbocycles. The van der Waals surface area contributed by atoms with E-state index in [0.29, 0.717) is 12.5 Å². The number of hydrogen-bond acceptors (Lipinski definition) is 3. The van der Waals surface area contributed by atoms with Crippen LogP contribution in [0.2, 0.25) is 0 Å². The second kappa shape index (κ2) is 7.87. The average molecular weight is 344 g/mol. The van der Waals surface area contributed by atoms with Crippen molar-refractivity contribution in [1.29, 1.82) is 0 Å². The summed E-state index contributed by atoms with van der Waals surface area (Å²) in [7, 11) is 0. The fourth-order valence-electron chi connectivity index (χ4n) is 3.47. The topological polar surface area (TPSA) is 79.2 Å². The Kier molecular flexibility index (Phi) is 5.58. The third kappa shape index (κ3) is 4.51. The second-order valence-electron chi connectivity index (χ2n) is 7.22. The van der Waals surface area contributed by atoms with E-state index < -0.39 is 6.10 Å². The first kappa shape index (κ1) is 17.7. The van der Waals surface area contributed by atoms with Gasteiger partial charge in [0, 0.05) is 13.1 Å². The number of aliphatic hydroxyl groups is 1. The van der Waals surface area contributed by atoms with Gasteiger partial charge < -0.3 is 20.3 Å². The summed E-state index contributed by atoms with van der Waals surface area (Å²) in [6, 6.07) is 3.95. The smallest absolute Gasteiger partial charge is 0.314 e. The van der Waals surface area contributed by atoms with Gasteiger partial charge in [0.15, 0.2) is 0 Å². The van der Waals surface area contributed by atoms with Gasteiger partial charge in [-0.2, -0.15) is 0 Å². The van der Waals surface area contributed by atoms with Crippen molar-refractivity contribution in [1.82, 2.24) is 20.2 Å². The lowest BCUT2D eigenvalue weighted by Crippen LogP contribution is -2.42. The molecule has 6 heteroatoms. The van der Waals surface area contributed by atoms with Crippen molar-refractivity contribution in [2.45, 2.75) is 52.2 Å². The lowest BCUT2D eigenvalue weighted by Gasteiger charge is -2.15. The van der Waals surface area contributed by atoms with Crippen LogP contribution >= 0.6 is 0 Å². The molecule has 1 aromatic carbocycles. The second-order valence-corrected chi connectivity index (χ2v) is 7.22. The molecule has 1 unspecified atom stereocenters. The first-order valence-electron chi connectivity index (χ1n) is 9.15. The molecule has 25 heavy (non-hydrogen) atoms. The Balaban J connectivity index is 1.48. The summed E-state index contributed by atoms with van der Waals surface area (Å²) in [5, 5.41) is 15.9. The average Bonchev–Trinajstić information content (AvgIpc) is 3.23. The molecule has 0 bridgehead atoms. The third-order valence-corrected chi connectivity index (χ3v) is 5.17. The molecule has 1 aromatic heterocycles. The highest BCUT2D eigenvalue weighted by Crippen LogP contribution is 2.23. The molecule has 1 saturated carbocycles. The first-order valence-corrected chi connectivity index (χ1v) is 9.15. The van der Waals surface area contributed by atoms with Crippen molar-refractivity contribution in [3.63, 3.8) is 0 Å². The third-order valence-electron chi connectivity index (χ3n) is 5.17.